The SMILES string of the molecule is Cc1cccc(C(C)C)c1Nc1cc(N2CCOCC2)ncn1. The van der Waals surface area contributed by atoms with Crippen molar-refractivity contribution in [1.82, 2.24) is 9.97 Å². The van der Waals surface area contributed by atoms with Gasteiger partial charge in [-0.25, -0.2) is 9.97 Å². The number of hydrogen-bond acceptors (Lipinski definition) is 5. The van der Waals surface area contributed by atoms with Crippen molar-refractivity contribution in [2.45, 2.75) is 26.7 Å². The van der Waals surface area contributed by atoms with Gasteiger partial charge in [0.1, 0.15) is 18.0 Å². The van der Waals surface area contributed by atoms with Gasteiger partial charge in [0.25, 0.3) is 0 Å². The number of aryl methyl sites for hydroxylation is 1. The third-order valence-corrected chi connectivity index (χ3v) is 4.17. The lowest BCUT2D eigenvalue weighted by Gasteiger charge is -2.28. The molecule has 0 radical (unpaired) electrons. The Morgan fingerprint density at radius 3 is 2.70 bits per heavy atom. The van der Waals surface area contributed by atoms with Gasteiger partial charge in [-0.2, -0.15) is 0 Å². The van der Waals surface area contributed by atoms with Crippen LogP contribution in [0.3, 0.4) is 0 Å². The molecule has 122 valence electrons. The standard InChI is InChI=1S/C18H24N4O/c1-13(2)15-6-4-5-14(3)18(15)21-16-11-17(20-12-19-16)22-7-9-23-10-8-22/h4-6,11-13H,7-10H2,1-3H3,(H,19,20,21). The number of anilines is 3. The molecule has 1 aliphatic rings. The number of ether oxygens (including phenoxy) is 1. The summed E-state index contributed by atoms with van der Waals surface area (Å²) in [7, 11) is 0. The molecular formula is C18H24N4O. The van der Waals surface area contributed by atoms with E-state index in [1.165, 1.54) is 11.1 Å². The van der Waals surface area contributed by atoms with Crippen LogP contribution >= 0.6 is 0 Å². The summed E-state index contributed by atoms with van der Waals surface area (Å²) in [5.74, 6) is 2.24. The second kappa shape index (κ2) is 6.96. The predicted octanol–water partition coefficient (Wildman–Crippen LogP) is 3.49. The maximum atomic E-state index is 5.40. The Kier molecular flexibility index (Phi) is 4.76. The van der Waals surface area contributed by atoms with E-state index < -0.39 is 0 Å². The van der Waals surface area contributed by atoms with Crippen LogP contribution in [0.1, 0.15) is 30.9 Å². The van der Waals surface area contributed by atoms with Gasteiger partial charge in [0.2, 0.25) is 0 Å². The van der Waals surface area contributed by atoms with Gasteiger partial charge in [-0.15, -0.1) is 0 Å². The summed E-state index contributed by atoms with van der Waals surface area (Å²) < 4.78 is 5.40. The smallest absolute Gasteiger partial charge is 0.135 e. The zero-order chi connectivity index (χ0) is 16.2. The largest absolute Gasteiger partial charge is 0.378 e. The lowest BCUT2D eigenvalue weighted by Crippen LogP contribution is -2.36. The lowest BCUT2D eigenvalue weighted by molar-refractivity contribution is 0.122. The van der Waals surface area contributed by atoms with Gasteiger partial charge in [0.15, 0.2) is 0 Å². The molecule has 2 aromatic rings. The molecule has 5 nitrogen and oxygen atoms in total. The van der Waals surface area contributed by atoms with Crippen LogP contribution in [0.25, 0.3) is 0 Å². The van der Waals surface area contributed by atoms with Gasteiger partial charge in [-0.3, -0.25) is 0 Å². The van der Waals surface area contributed by atoms with Crippen molar-refractivity contribution in [2.24, 2.45) is 0 Å². The highest BCUT2D eigenvalue weighted by Crippen LogP contribution is 2.30. The Labute approximate surface area is 137 Å². The quantitative estimate of drug-likeness (QED) is 0.936. The van der Waals surface area contributed by atoms with Gasteiger partial charge in [-0.05, 0) is 24.0 Å². The molecule has 0 unspecified atom stereocenters. The molecule has 23 heavy (non-hydrogen) atoms. The number of nitrogens with zero attached hydrogens (tertiary/aromatic N) is 3. The van der Waals surface area contributed by atoms with Crippen LogP contribution in [0.2, 0.25) is 0 Å². The zero-order valence-corrected chi connectivity index (χ0v) is 14.0. The van der Waals surface area contributed by atoms with E-state index in [0.29, 0.717) is 5.92 Å². The van der Waals surface area contributed by atoms with Crippen LogP contribution in [-0.2, 0) is 4.74 Å². The Hall–Kier alpha value is -2.14. The molecule has 0 spiro atoms. The van der Waals surface area contributed by atoms with E-state index in [2.05, 4.69) is 59.2 Å². The molecule has 1 aromatic carbocycles. The third kappa shape index (κ3) is 3.62. The Bertz CT molecular complexity index is 666. The van der Waals surface area contributed by atoms with Crippen LogP contribution in [0, 0.1) is 6.92 Å². The van der Waals surface area contributed by atoms with Gasteiger partial charge in [-0.1, -0.05) is 32.0 Å². The predicted molar refractivity (Wildman–Crippen MR) is 93.6 cm³/mol. The van der Waals surface area contributed by atoms with Crippen molar-refractivity contribution in [3.63, 3.8) is 0 Å². The molecule has 5 heteroatoms. The highest BCUT2D eigenvalue weighted by molar-refractivity contribution is 5.66. The van der Waals surface area contributed by atoms with Crippen LogP contribution in [0.15, 0.2) is 30.6 Å². The maximum absolute atomic E-state index is 5.40. The van der Waals surface area contributed by atoms with Crippen molar-refractivity contribution in [3.05, 3.63) is 41.7 Å². The molecule has 1 N–H and O–H groups in total. The van der Waals surface area contributed by atoms with E-state index in [1.54, 1.807) is 6.33 Å². The number of para-hydroxylation sites is 1. The molecule has 1 saturated heterocycles. The molecule has 2 heterocycles. The fourth-order valence-corrected chi connectivity index (χ4v) is 2.85. The Morgan fingerprint density at radius 2 is 1.96 bits per heavy atom. The van der Waals surface area contributed by atoms with E-state index in [4.69, 9.17) is 4.74 Å². The van der Waals surface area contributed by atoms with Gasteiger partial charge in [0, 0.05) is 24.8 Å². The minimum absolute atomic E-state index is 0.456. The normalized spacial score (nSPS) is 15.0. The van der Waals surface area contributed by atoms with Crippen LogP contribution in [0.4, 0.5) is 17.3 Å². The molecule has 3 rings (SSSR count). The number of hydrogen-bond donors (Lipinski definition) is 1. The second-order valence-electron chi connectivity index (χ2n) is 6.18. The van der Waals surface area contributed by atoms with Crippen molar-refractivity contribution in [2.75, 3.05) is 36.5 Å². The summed E-state index contributed by atoms with van der Waals surface area (Å²) in [5, 5.41) is 3.49. The lowest BCUT2D eigenvalue weighted by atomic mass is 9.98. The Morgan fingerprint density at radius 1 is 1.17 bits per heavy atom. The fraction of sp³-hybridized carbons (Fsp3) is 0.444. The summed E-state index contributed by atoms with van der Waals surface area (Å²) >= 11 is 0. The highest BCUT2D eigenvalue weighted by atomic mass is 16.5. The van der Waals surface area contributed by atoms with Crippen molar-refractivity contribution < 1.29 is 4.74 Å². The first-order chi connectivity index (χ1) is 11.1. The second-order valence-corrected chi connectivity index (χ2v) is 6.18. The first-order valence-corrected chi connectivity index (χ1v) is 8.16. The molecule has 0 bridgehead atoms. The summed E-state index contributed by atoms with van der Waals surface area (Å²) in [5.41, 5.74) is 3.67. The van der Waals surface area contributed by atoms with Crippen molar-refractivity contribution in [3.8, 4) is 0 Å². The molecule has 1 aromatic heterocycles. The fourth-order valence-electron chi connectivity index (χ4n) is 2.85. The first kappa shape index (κ1) is 15.7. The molecule has 1 fully saturated rings. The topological polar surface area (TPSA) is 50.3 Å². The van der Waals surface area contributed by atoms with Crippen molar-refractivity contribution in [1.29, 1.82) is 0 Å². The molecule has 0 amide bonds. The van der Waals surface area contributed by atoms with Gasteiger partial charge < -0.3 is 15.0 Å². The summed E-state index contributed by atoms with van der Waals surface area (Å²) in [6.07, 6.45) is 1.63. The number of nitrogens with one attached hydrogen (secondary N) is 1. The van der Waals surface area contributed by atoms with E-state index >= 15 is 0 Å². The van der Waals surface area contributed by atoms with Crippen LogP contribution in [-0.4, -0.2) is 36.3 Å². The number of morpholine rings is 1. The molecule has 0 saturated carbocycles. The minimum Gasteiger partial charge on any atom is -0.378 e. The number of benzene rings is 1. The first-order valence-electron chi connectivity index (χ1n) is 8.16. The highest BCUT2D eigenvalue weighted by Gasteiger charge is 2.14. The number of rotatable bonds is 4. The average molecular weight is 312 g/mol. The zero-order valence-electron chi connectivity index (χ0n) is 14.0. The van der Waals surface area contributed by atoms with Crippen LogP contribution < -0.4 is 10.2 Å². The van der Waals surface area contributed by atoms with Gasteiger partial charge >= 0.3 is 0 Å². The molecule has 0 atom stereocenters. The molecule has 1 aliphatic heterocycles. The monoisotopic (exact) mass is 312 g/mol. The molecular weight excluding hydrogens is 288 g/mol. The maximum Gasteiger partial charge on any atom is 0.135 e. The van der Waals surface area contributed by atoms with E-state index in [0.717, 1.165) is 43.6 Å². The minimum atomic E-state index is 0.456. The number of aromatic nitrogens is 2. The van der Waals surface area contributed by atoms with Crippen LogP contribution in [0.5, 0.6) is 0 Å². The van der Waals surface area contributed by atoms with E-state index in [1.807, 2.05) is 6.07 Å². The summed E-state index contributed by atoms with van der Waals surface area (Å²) in [4.78, 5) is 11.0. The molecule has 0 aliphatic carbocycles. The summed E-state index contributed by atoms with van der Waals surface area (Å²) in [6, 6.07) is 8.42. The van der Waals surface area contributed by atoms with E-state index in [-0.39, 0.29) is 0 Å². The third-order valence-electron chi connectivity index (χ3n) is 4.17. The average Bonchev–Trinajstić information content (AvgIpc) is 2.57. The van der Waals surface area contributed by atoms with Crippen molar-refractivity contribution >= 4 is 17.3 Å². The Balaban J connectivity index is 1.86. The van der Waals surface area contributed by atoms with E-state index in [9.17, 15) is 0 Å². The van der Waals surface area contributed by atoms with Gasteiger partial charge in [0.05, 0.1) is 13.2 Å². The summed E-state index contributed by atoms with van der Waals surface area (Å²) in [6.45, 7) is 9.79.